The number of hydrogen-bond acceptors (Lipinski definition) is 5. The van der Waals surface area contributed by atoms with E-state index < -0.39 is 29.6 Å². The Balaban J connectivity index is 1.77. The summed E-state index contributed by atoms with van der Waals surface area (Å²) in [6.45, 7) is 3.46. The second-order valence-corrected chi connectivity index (χ2v) is 6.55. The highest BCUT2D eigenvalue weighted by molar-refractivity contribution is 5.87. The molecule has 0 saturated heterocycles. The minimum absolute atomic E-state index is 0.336. The van der Waals surface area contributed by atoms with Crippen LogP contribution >= 0.6 is 0 Å². The Morgan fingerprint density at radius 3 is 2.52 bits per heavy atom. The van der Waals surface area contributed by atoms with Crippen molar-refractivity contribution in [3.05, 3.63) is 76.1 Å². The quantitative estimate of drug-likeness (QED) is 0.596. The summed E-state index contributed by atoms with van der Waals surface area (Å²) in [5.74, 6) is -1.41. The van der Waals surface area contributed by atoms with Crippen LogP contribution in [-0.4, -0.2) is 23.1 Å². The number of benzene rings is 2. The van der Waals surface area contributed by atoms with Gasteiger partial charge in [-0.25, -0.2) is 9.59 Å². The summed E-state index contributed by atoms with van der Waals surface area (Å²) in [5.41, 5.74) is 1.23. The first kappa shape index (κ1) is 20.1. The Bertz CT molecular complexity index is 1090. The van der Waals surface area contributed by atoms with Gasteiger partial charge in [0.15, 0.2) is 12.1 Å². The number of rotatable bonds is 7. The zero-order valence-electron chi connectivity index (χ0n) is 16.0. The van der Waals surface area contributed by atoms with Crippen LogP contribution in [0.4, 0.5) is 0 Å². The van der Waals surface area contributed by atoms with Crippen LogP contribution in [0.15, 0.2) is 63.8 Å². The maximum atomic E-state index is 12.5. The molecule has 0 radical (unpaired) electrons. The van der Waals surface area contributed by atoms with E-state index in [0.29, 0.717) is 23.3 Å². The number of aryl methyl sites for hydroxylation is 1. The molecule has 1 amide bonds. The van der Waals surface area contributed by atoms with Gasteiger partial charge < -0.3 is 19.6 Å². The number of ether oxygens (including phenoxy) is 1. The van der Waals surface area contributed by atoms with Crippen LogP contribution in [-0.2, 0) is 16.0 Å². The first-order valence-electron chi connectivity index (χ1n) is 9.20. The molecule has 0 aliphatic carbocycles. The maximum Gasteiger partial charge on any atom is 0.336 e. The topological polar surface area (TPSA) is 106 Å². The molecular weight excluding hydrogens is 374 g/mol. The minimum atomic E-state index is -1.18. The predicted octanol–water partition coefficient (Wildman–Crippen LogP) is 3.06. The van der Waals surface area contributed by atoms with E-state index in [1.54, 1.807) is 48.5 Å². The van der Waals surface area contributed by atoms with Crippen molar-refractivity contribution in [2.24, 2.45) is 0 Å². The lowest BCUT2D eigenvalue weighted by atomic mass is 10.1. The fourth-order valence-corrected chi connectivity index (χ4v) is 3.03. The van der Waals surface area contributed by atoms with Crippen molar-refractivity contribution in [3.63, 3.8) is 0 Å². The van der Waals surface area contributed by atoms with Crippen LogP contribution in [0.3, 0.4) is 0 Å². The third-order valence-corrected chi connectivity index (χ3v) is 4.53. The lowest BCUT2D eigenvalue weighted by Crippen LogP contribution is -2.41. The predicted molar refractivity (Wildman–Crippen MR) is 107 cm³/mol. The number of carbonyl (C=O) groups excluding carboxylic acids is 1. The van der Waals surface area contributed by atoms with E-state index in [4.69, 9.17) is 9.15 Å². The van der Waals surface area contributed by atoms with Crippen LogP contribution in [0.25, 0.3) is 11.0 Å². The summed E-state index contributed by atoms with van der Waals surface area (Å²) >= 11 is 0. The fraction of sp³-hybridized carbons (Fsp3) is 0.227. The molecule has 0 aliphatic rings. The van der Waals surface area contributed by atoms with E-state index in [1.807, 2.05) is 6.92 Å². The van der Waals surface area contributed by atoms with Crippen molar-refractivity contribution in [3.8, 4) is 5.75 Å². The van der Waals surface area contributed by atoms with Crippen LogP contribution in [0, 0.1) is 0 Å². The second-order valence-electron chi connectivity index (χ2n) is 6.55. The van der Waals surface area contributed by atoms with Gasteiger partial charge in [-0.1, -0.05) is 37.3 Å². The number of nitrogens with one attached hydrogen (secondary N) is 1. The number of carbonyl (C=O) groups is 2. The Hall–Kier alpha value is -3.61. The molecule has 150 valence electrons. The van der Waals surface area contributed by atoms with Gasteiger partial charge in [0.2, 0.25) is 0 Å². The Morgan fingerprint density at radius 2 is 1.86 bits per heavy atom. The highest BCUT2D eigenvalue weighted by Crippen LogP contribution is 2.24. The van der Waals surface area contributed by atoms with Gasteiger partial charge >= 0.3 is 11.6 Å². The largest absolute Gasteiger partial charge is 0.481 e. The van der Waals surface area contributed by atoms with E-state index in [0.717, 1.165) is 10.9 Å². The van der Waals surface area contributed by atoms with Crippen molar-refractivity contribution in [2.45, 2.75) is 32.4 Å². The Labute approximate surface area is 166 Å². The van der Waals surface area contributed by atoms with Gasteiger partial charge in [-0.15, -0.1) is 0 Å². The lowest BCUT2D eigenvalue weighted by Gasteiger charge is -2.19. The van der Waals surface area contributed by atoms with E-state index in [2.05, 4.69) is 5.32 Å². The summed E-state index contributed by atoms with van der Waals surface area (Å²) in [6, 6.07) is 13.7. The van der Waals surface area contributed by atoms with Gasteiger partial charge in [0.05, 0.1) is 0 Å². The van der Waals surface area contributed by atoms with E-state index >= 15 is 0 Å². The van der Waals surface area contributed by atoms with Crippen molar-refractivity contribution in [1.29, 1.82) is 0 Å². The van der Waals surface area contributed by atoms with E-state index in [-0.39, 0.29) is 0 Å². The number of carboxylic acid groups (broad SMARTS) is 1. The van der Waals surface area contributed by atoms with Gasteiger partial charge in [0, 0.05) is 17.5 Å². The van der Waals surface area contributed by atoms with Crippen molar-refractivity contribution in [2.75, 3.05) is 0 Å². The first-order valence-corrected chi connectivity index (χ1v) is 9.20. The molecule has 0 saturated carbocycles. The number of fused-ring (bicyclic) bond motifs is 1. The molecule has 7 heteroatoms. The number of carboxylic acids is 1. The van der Waals surface area contributed by atoms with E-state index in [9.17, 15) is 19.5 Å². The van der Waals surface area contributed by atoms with Gasteiger partial charge in [0.1, 0.15) is 11.3 Å². The summed E-state index contributed by atoms with van der Waals surface area (Å²) in [4.78, 5) is 35.7. The molecule has 0 unspecified atom stereocenters. The molecule has 0 fully saturated rings. The fourth-order valence-electron chi connectivity index (χ4n) is 3.03. The minimum Gasteiger partial charge on any atom is -0.481 e. The number of hydrogen-bond donors (Lipinski definition) is 2. The standard InChI is InChI=1S/C22H21NO6/c1-3-14-11-19(24)29-18-12-16(9-10-17(14)18)28-13(2)21(25)23-20(22(26)27)15-7-5-4-6-8-15/h4-13,20H,3H2,1-2H3,(H,23,25)(H,26,27)/t13-,20-/m0/s1. The summed E-state index contributed by atoms with van der Waals surface area (Å²) in [7, 11) is 0. The molecule has 2 N–H and O–H groups in total. The SMILES string of the molecule is CCc1cc(=O)oc2cc(O[C@@H](C)C(=O)N[C@H](C(=O)O)c3ccccc3)ccc12. The highest BCUT2D eigenvalue weighted by Gasteiger charge is 2.25. The average molecular weight is 395 g/mol. The lowest BCUT2D eigenvalue weighted by molar-refractivity contribution is -0.143. The molecule has 29 heavy (non-hydrogen) atoms. The average Bonchev–Trinajstić information content (AvgIpc) is 2.71. The van der Waals surface area contributed by atoms with Crippen LogP contribution in [0.1, 0.15) is 31.0 Å². The number of amides is 1. The normalized spacial score (nSPS) is 12.9. The molecule has 3 rings (SSSR count). The molecule has 7 nitrogen and oxygen atoms in total. The molecule has 2 aromatic carbocycles. The molecule has 0 aliphatic heterocycles. The van der Waals surface area contributed by atoms with Gasteiger partial charge in [-0.05, 0) is 36.6 Å². The zero-order valence-corrected chi connectivity index (χ0v) is 16.0. The van der Waals surface area contributed by atoms with E-state index in [1.165, 1.54) is 13.0 Å². The maximum absolute atomic E-state index is 12.5. The van der Waals surface area contributed by atoms with Crippen LogP contribution < -0.4 is 15.7 Å². The molecule has 0 bridgehead atoms. The summed E-state index contributed by atoms with van der Waals surface area (Å²) in [5, 5.41) is 12.7. The third-order valence-electron chi connectivity index (χ3n) is 4.53. The summed E-state index contributed by atoms with van der Waals surface area (Å²) < 4.78 is 10.9. The Morgan fingerprint density at radius 1 is 1.14 bits per heavy atom. The smallest absolute Gasteiger partial charge is 0.336 e. The van der Waals surface area contributed by atoms with Gasteiger partial charge in [-0.2, -0.15) is 0 Å². The first-order chi connectivity index (χ1) is 13.9. The molecular formula is C22H21NO6. The summed E-state index contributed by atoms with van der Waals surface area (Å²) in [6.07, 6.45) is -0.281. The van der Waals surface area contributed by atoms with Crippen LogP contribution in [0.5, 0.6) is 5.75 Å². The van der Waals surface area contributed by atoms with Gasteiger partial charge in [0.25, 0.3) is 5.91 Å². The van der Waals surface area contributed by atoms with Crippen LogP contribution in [0.2, 0.25) is 0 Å². The second kappa shape index (κ2) is 8.60. The molecule has 1 heterocycles. The monoisotopic (exact) mass is 395 g/mol. The van der Waals surface area contributed by atoms with Crippen molar-refractivity contribution < 1.29 is 23.8 Å². The van der Waals surface area contributed by atoms with Crippen molar-refractivity contribution in [1.82, 2.24) is 5.32 Å². The zero-order chi connectivity index (χ0) is 21.0. The Kier molecular flexibility index (Phi) is 5.97. The molecule has 2 atom stereocenters. The highest BCUT2D eigenvalue weighted by atomic mass is 16.5. The molecule has 0 spiro atoms. The molecule has 1 aromatic heterocycles. The van der Waals surface area contributed by atoms with Crippen molar-refractivity contribution >= 4 is 22.8 Å². The number of aliphatic carboxylic acids is 1. The molecule has 3 aromatic rings. The third kappa shape index (κ3) is 4.63. The van der Waals surface area contributed by atoms with Gasteiger partial charge in [-0.3, -0.25) is 4.79 Å².